The zero-order valence-corrected chi connectivity index (χ0v) is 20.6. The van der Waals surface area contributed by atoms with Gasteiger partial charge in [-0.2, -0.15) is 96.6 Å². The second kappa shape index (κ2) is 11.7. The summed E-state index contributed by atoms with van der Waals surface area (Å²) < 4.78 is 317. The molecule has 0 saturated carbocycles. The number of rotatable bonds is 12. The Kier molecular flexibility index (Phi) is 12.4. The molecule has 0 aromatic carbocycles. The smallest absolute Gasteiger partial charge is 0.438 e. The van der Waals surface area contributed by atoms with Gasteiger partial charge in [0.25, 0.3) is 0 Å². The van der Waals surface area contributed by atoms with E-state index in [1.54, 1.807) is 0 Å². The van der Waals surface area contributed by atoms with Crippen molar-refractivity contribution in [2.24, 2.45) is 0 Å². The predicted molar refractivity (Wildman–Crippen MR) is 85.7 cm³/mol. The van der Waals surface area contributed by atoms with Crippen LogP contribution in [0.3, 0.4) is 0 Å². The summed E-state index contributed by atoms with van der Waals surface area (Å²) in [6.07, 6.45) is -20.6. The lowest BCUT2D eigenvalue weighted by Crippen LogP contribution is -2.79. The van der Waals surface area contributed by atoms with Gasteiger partial charge in [-0.05, 0) is 0 Å². The maximum Gasteiger partial charge on any atom is 0.438 e. The molecule has 0 aromatic heterocycles. The molecule has 0 bridgehead atoms. The van der Waals surface area contributed by atoms with Crippen molar-refractivity contribution in [3.05, 3.63) is 0 Å². The second-order valence-corrected chi connectivity index (χ2v) is 8.56. The van der Waals surface area contributed by atoms with Crippen molar-refractivity contribution < 1.29 is 120 Å². The molecule has 8 N–H and O–H groups in total. The van der Waals surface area contributed by atoms with Crippen molar-refractivity contribution in [1.29, 1.82) is 0 Å². The summed E-state index contributed by atoms with van der Waals surface area (Å²) in [4.78, 5) is 20.0. The van der Waals surface area contributed by atoms with Gasteiger partial charge in [0.05, 0.1) is 14.4 Å². The van der Waals surface area contributed by atoms with Crippen molar-refractivity contribution in [3.8, 4) is 0 Å². The maximum absolute atomic E-state index is 13.6. The summed E-state index contributed by atoms with van der Waals surface area (Å²) in [6.45, 7) is -2.71. The molecule has 0 atom stereocenters. The van der Waals surface area contributed by atoms with E-state index in [1.165, 1.54) is 0 Å². The van der Waals surface area contributed by atoms with E-state index in [0.29, 0.717) is 0 Å². The molecule has 0 aliphatic carbocycles. The van der Waals surface area contributed by atoms with Crippen LogP contribution in [0.4, 0.5) is 101 Å². The highest BCUT2D eigenvalue weighted by Crippen LogP contribution is 2.67. The minimum absolute atomic E-state index is 0. The first kappa shape index (κ1) is 45.8. The Morgan fingerprint density at radius 1 is 0.442 bits per heavy atom. The molecular formula is C13H12F23N2O4P. The lowest BCUT2D eigenvalue weighted by Gasteiger charge is -2.46. The third kappa shape index (κ3) is 6.42. The van der Waals surface area contributed by atoms with E-state index in [2.05, 4.69) is 4.52 Å². The Morgan fingerprint density at radius 2 is 0.674 bits per heavy atom. The number of halogens is 23. The largest absolute Gasteiger partial charge is 0.790 e. The number of phosphoric ester groups is 1. The molecule has 0 spiro atoms. The second-order valence-electron chi connectivity index (χ2n) is 7.41. The van der Waals surface area contributed by atoms with Crippen LogP contribution in [0.2, 0.25) is 0 Å². The Bertz CT molecular complexity index is 988. The molecule has 6 nitrogen and oxygen atoms in total. The molecule has 0 amide bonds. The van der Waals surface area contributed by atoms with E-state index in [4.69, 9.17) is 0 Å². The summed E-state index contributed by atoms with van der Waals surface area (Å²) in [7, 11) is -6.48. The SMILES string of the molecule is O=P([O-])([O-])OCCC(F)(F)C(F)(F)C(F)(F)C(F)(F)C(F)(F)C(F)(F)C(F)(F)C(F)(F)C(F)(C(F)(F)F)C(F)(F)F.[NH4+].[NH4+]. The topological polar surface area (TPSA) is 145 Å². The molecule has 0 radical (unpaired) electrons. The molecule has 0 heterocycles. The molecule has 0 rings (SSSR count). The van der Waals surface area contributed by atoms with E-state index in [0.717, 1.165) is 0 Å². The van der Waals surface area contributed by atoms with Gasteiger partial charge < -0.3 is 31.2 Å². The number of phosphoric acid groups is 1. The van der Waals surface area contributed by atoms with Crippen LogP contribution in [0.15, 0.2) is 0 Å². The Hall–Kier alpha value is -1.58. The molecule has 0 saturated heterocycles. The number of quaternary nitrogens is 2. The molecular weight excluding hydrogens is 716 g/mol. The summed E-state index contributed by atoms with van der Waals surface area (Å²) >= 11 is 0. The highest BCUT2D eigenvalue weighted by molar-refractivity contribution is 7.43. The Labute approximate surface area is 219 Å². The highest BCUT2D eigenvalue weighted by Gasteiger charge is 2.99. The van der Waals surface area contributed by atoms with Gasteiger partial charge in [0.2, 0.25) is 0 Å². The fourth-order valence-electron chi connectivity index (χ4n) is 2.39. The van der Waals surface area contributed by atoms with Crippen molar-refractivity contribution in [3.63, 3.8) is 0 Å². The van der Waals surface area contributed by atoms with Gasteiger partial charge in [-0.25, -0.2) is 4.39 Å². The highest BCUT2D eigenvalue weighted by atomic mass is 31.2. The molecule has 0 unspecified atom stereocenters. The molecule has 30 heteroatoms. The fourth-order valence-corrected chi connectivity index (χ4v) is 2.71. The van der Waals surface area contributed by atoms with Gasteiger partial charge in [0, 0.05) is 6.42 Å². The monoisotopic (exact) mass is 728 g/mol. The standard InChI is InChI=1S/C13H6F23O4P.2H3N/c14-3(15,1-2-40-41(37,38)39)5(17,18)7(21,22)9(25,26)11(29,30)10(27,28)8(23,24)6(19,20)4(16,12(31,32)33)13(34,35)36;;/h1-2H2,(H2,37,38,39);2*1H3. The molecule has 0 aliphatic rings. The Morgan fingerprint density at radius 3 is 0.907 bits per heavy atom. The van der Waals surface area contributed by atoms with Gasteiger partial charge in [0.15, 0.2) is 0 Å². The molecule has 264 valence electrons. The zero-order valence-electron chi connectivity index (χ0n) is 19.7. The normalized spacial score (nSPS) is 16.0. The van der Waals surface area contributed by atoms with E-state index < -0.39 is 86.3 Å². The quantitative estimate of drug-likeness (QED) is 0.167. The zero-order chi connectivity index (χ0) is 34.1. The van der Waals surface area contributed by atoms with Crippen LogP contribution in [0, 0.1) is 0 Å². The van der Waals surface area contributed by atoms with Gasteiger partial charge in [-0.1, -0.05) is 0 Å². The van der Waals surface area contributed by atoms with Crippen LogP contribution >= 0.6 is 7.82 Å². The average molecular weight is 728 g/mol. The number of hydrogen-bond donors (Lipinski definition) is 2. The number of alkyl halides is 23. The molecule has 0 fully saturated rings. The van der Waals surface area contributed by atoms with Crippen LogP contribution in [-0.4, -0.2) is 72.0 Å². The summed E-state index contributed by atoms with van der Waals surface area (Å²) in [5, 5.41) is 0. The van der Waals surface area contributed by atoms with Crippen molar-refractivity contribution >= 4 is 7.82 Å². The fraction of sp³-hybridized carbons (Fsp3) is 1.00. The maximum atomic E-state index is 13.6. The average Bonchev–Trinajstić information content (AvgIpc) is 2.68. The molecule has 43 heavy (non-hydrogen) atoms. The number of hydrogen-bond acceptors (Lipinski definition) is 4. The van der Waals surface area contributed by atoms with E-state index in [1.807, 2.05) is 0 Å². The van der Waals surface area contributed by atoms with Crippen molar-refractivity contribution in [2.75, 3.05) is 6.61 Å². The van der Waals surface area contributed by atoms with Crippen LogP contribution < -0.4 is 22.1 Å². The summed E-state index contributed by atoms with van der Waals surface area (Å²) in [6, 6.07) is 0. The summed E-state index contributed by atoms with van der Waals surface area (Å²) in [5.41, 5.74) is -9.09. The first-order valence-electron chi connectivity index (χ1n) is 8.72. The van der Waals surface area contributed by atoms with Gasteiger partial charge >= 0.3 is 65.4 Å². The van der Waals surface area contributed by atoms with E-state index in [-0.39, 0.29) is 12.3 Å². The van der Waals surface area contributed by atoms with Crippen LogP contribution in [0.5, 0.6) is 0 Å². The lowest BCUT2D eigenvalue weighted by atomic mass is 9.82. The third-order valence-corrected chi connectivity index (χ3v) is 5.20. The van der Waals surface area contributed by atoms with E-state index in [9.17, 15) is 115 Å². The molecule has 0 aliphatic heterocycles. The van der Waals surface area contributed by atoms with Crippen LogP contribution in [0.25, 0.3) is 0 Å². The van der Waals surface area contributed by atoms with Gasteiger partial charge in [-0.3, -0.25) is 0 Å². The third-order valence-electron chi connectivity index (χ3n) is 4.70. The van der Waals surface area contributed by atoms with Crippen LogP contribution in [-0.2, 0) is 9.09 Å². The predicted octanol–water partition coefficient (Wildman–Crippen LogP) is 6.89. The van der Waals surface area contributed by atoms with E-state index >= 15 is 0 Å². The first-order valence-corrected chi connectivity index (χ1v) is 10.2. The molecule has 0 aromatic rings. The minimum Gasteiger partial charge on any atom is -0.790 e. The van der Waals surface area contributed by atoms with Crippen LogP contribution in [0.1, 0.15) is 6.42 Å². The van der Waals surface area contributed by atoms with Crippen molar-refractivity contribution in [1.82, 2.24) is 12.3 Å². The lowest BCUT2D eigenvalue weighted by molar-refractivity contribution is -0.481. The first-order chi connectivity index (χ1) is 17.2. The van der Waals surface area contributed by atoms with Gasteiger partial charge in [0.1, 0.15) is 0 Å². The minimum atomic E-state index is -9.57. The summed E-state index contributed by atoms with van der Waals surface area (Å²) in [5.74, 6) is -71.8. The Balaban J connectivity index is -0.00000800. The van der Waals surface area contributed by atoms with Gasteiger partial charge in [-0.15, -0.1) is 0 Å². The van der Waals surface area contributed by atoms with Crippen molar-refractivity contribution in [2.45, 2.75) is 71.8 Å².